The summed E-state index contributed by atoms with van der Waals surface area (Å²) in [5, 5.41) is 0. The summed E-state index contributed by atoms with van der Waals surface area (Å²) in [4.78, 5) is 15.5. The Balaban J connectivity index is 1.50. The zero-order valence-corrected chi connectivity index (χ0v) is 22.2. The lowest BCUT2D eigenvalue weighted by Gasteiger charge is -2.38. The maximum absolute atomic E-state index is 13.5. The van der Waals surface area contributed by atoms with Crippen LogP contribution < -0.4 is 4.74 Å². The SMILES string of the molecule is CC(C)Cc1ccc([C@H](C)C(=O)N2CCC[C@H]([C@@H](Oc3ccc(C(F)(F)F)cc3)c3ccccc3)C2)cc1. The minimum atomic E-state index is -4.40. The van der Waals surface area contributed by atoms with E-state index < -0.39 is 11.7 Å². The van der Waals surface area contributed by atoms with Crippen molar-refractivity contribution in [1.82, 2.24) is 4.90 Å². The lowest BCUT2D eigenvalue weighted by atomic mass is 9.87. The van der Waals surface area contributed by atoms with Crippen LogP contribution in [0.4, 0.5) is 13.2 Å². The van der Waals surface area contributed by atoms with Gasteiger partial charge in [0.05, 0.1) is 11.5 Å². The number of amides is 1. The van der Waals surface area contributed by atoms with E-state index in [1.807, 2.05) is 42.2 Å². The normalized spacial score (nSPS) is 17.8. The van der Waals surface area contributed by atoms with Crippen LogP contribution in [0.2, 0.25) is 0 Å². The first-order valence-electron chi connectivity index (χ1n) is 13.4. The lowest BCUT2D eigenvalue weighted by Crippen LogP contribution is -2.44. The van der Waals surface area contributed by atoms with E-state index in [9.17, 15) is 18.0 Å². The number of hydrogen-bond donors (Lipinski definition) is 0. The number of ether oxygens (including phenoxy) is 1. The summed E-state index contributed by atoms with van der Waals surface area (Å²) in [6.07, 6.45) is -2.06. The van der Waals surface area contributed by atoms with Crippen LogP contribution in [0.25, 0.3) is 0 Å². The van der Waals surface area contributed by atoms with Gasteiger partial charge in [-0.05, 0) is 73.1 Å². The number of hydrogen-bond acceptors (Lipinski definition) is 2. The zero-order chi connectivity index (χ0) is 27.3. The maximum atomic E-state index is 13.5. The van der Waals surface area contributed by atoms with Crippen LogP contribution in [0.15, 0.2) is 78.9 Å². The fraction of sp³-hybridized carbons (Fsp3) is 0.406. The standard InChI is InChI=1S/C32H36F3NO2/c1-22(2)20-24-11-13-25(14-12-24)23(3)31(37)36-19-7-10-27(21-36)30(26-8-5-4-6-9-26)38-29-17-15-28(16-18-29)32(33,34)35/h4-6,8-9,11-18,22-23,27,30H,7,10,19-21H2,1-3H3/t23-,27-,30-/m0/s1. The number of likely N-dealkylation sites (tertiary alicyclic amines) is 1. The number of alkyl halides is 3. The molecule has 3 aromatic carbocycles. The van der Waals surface area contributed by atoms with E-state index in [0.717, 1.165) is 42.5 Å². The first-order chi connectivity index (χ1) is 18.1. The number of piperidine rings is 1. The summed E-state index contributed by atoms with van der Waals surface area (Å²) in [7, 11) is 0. The Kier molecular flexibility index (Phi) is 8.80. The van der Waals surface area contributed by atoms with Crippen molar-refractivity contribution in [2.45, 2.75) is 58.2 Å². The molecular weight excluding hydrogens is 487 g/mol. The van der Waals surface area contributed by atoms with E-state index in [0.29, 0.717) is 24.8 Å². The molecule has 3 atom stereocenters. The average molecular weight is 524 g/mol. The Morgan fingerprint density at radius 2 is 1.58 bits per heavy atom. The predicted octanol–water partition coefficient (Wildman–Crippen LogP) is 8.07. The van der Waals surface area contributed by atoms with Crippen molar-refractivity contribution in [3.8, 4) is 5.75 Å². The molecule has 0 aromatic heterocycles. The molecule has 0 aliphatic carbocycles. The smallest absolute Gasteiger partial charge is 0.416 e. The zero-order valence-electron chi connectivity index (χ0n) is 22.2. The summed E-state index contributed by atoms with van der Waals surface area (Å²) < 4.78 is 45.4. The van der Waals surface area contributed by atoms with Crippen molar-refractivity contribution in [1.29, 1.82) is 0 Å². The monoisotopic (exact) mass is 523 g/mol. The quantitative estimate of drug-likeness (QED) is 0.299. The van der Waals surface area contributed by atoms with Gasteiger partial charge in [-0.3, -0.25) is 4.79 Å². The molecule has 1 saturated heterocycles. The van der Waals surface area contributed by atoms with Crippen LogP contribution in [0.1, 0.15) is 67.9 Å². The van der Waals surface area contributed by atoms with Crippen molar-refractivity contribution in [3.63, 3.8) is 0 Å². The maximum Gasteiger partial charge on any atom is 0.416 e. The molecule has 0 radical (unpaired) electrons. The number of halogens is 3. The molecule has 0 N–H and O–H groups in total. The van der Waals surface area contributed by atoms with Crippen molar-refractivity contribution < 1.29 is 22.7 Å². The highest BCUT2D eigenvalue weighted by Crippen LogP contribution is 2.36. The minimum Gasteiger partial charge on any atom is -0.485 e. The van der Waals surface area contributed by atoms with Gasteiger partial charge in [-0.2, -0.15) is 13.2 Å². The van der Waals surface area contributed by atoms with Gasteiger partial charge in [0, 0.05) is 19.0 Å². The number of carbonyl (C=O) groups excluding carboxylic acids is 1. The fourth-order valence-corrected chi connectivity index (χ4v) is 5.24. The van der Waals surface area contributed by atoms with Crippen molar-refractivity contribution >= 4 is 5.91 Å². The molecular formula is C32H36F3NO2. The van der Waals surface area contributed by atoms with Gasteiger partial charge in [0.25, 0.3) is 0 Å². The molecule has 0 saturated carbocycles. The Bertz CT molecular complexity index is 1170. The Morgan fingerprint density at radius 1 is 0.921 bits per heavy atom. The second kappa shape index (κ2) is 12.1. The van der Waals surface area contributed by atoms with Crippen LogP contribution in [0.3, 0.4) is 0 Å². The molecule has 38 heavy (non-hydrogen) atoms. The van der Waals surface area contributed by atoms with Gasteiger partial charge in [-0.15, -0.1) is 0 Å². The summed E-state index contributed by atoms with van der Waals surface area (Å²) in [6, 6.07) is 22.9. The third kappa shape index (κ3) is 6.97. The fourth-order valence-electron chi connectivity index (χ4n) is 5.24. The van der Waals surface area contributed by atoms with Crippen LogP contribution in [-0.2, 0) is 17.4 Å². The Morgan fingerprint density at radius 3 is 2.18 bits per heavy atom. The molecule has 0 unspecified atom stereocenters. The van der Waals surface area contributed by atoms with Gasteiger partial charge in [0.1, 0.15) is 11.9 Å². The predicted molar refractivity (Wildman–Crippen MR) is 144 cm³/mol. The van der Waals surface area contributed by atoms with Crippen molar-refractivity contribution in [2.75, 3.05) is 13.1 Å². The van der Waals surface area contributed by atoms with Crippen LogP contribution in [-0.4, -0.2) is 23.9 Å². The summed E-state index contributed by atoms with van der Waals surface area (Å²) in [5.41, 5.74) is 2.51. The van der Waals surface area contributed by atoms with Gasteiger partial charge in [0.2, 0.25) is 5.91 Å². The van der Waals surface area contributed by atoms with E-state index in [2.05, 4.69) is 38.1 Å². The number of carbonyl (C=O) groups is 1. The van der Waals surface area contributed by atoms with E-state index in [-0.39, 0.29) is 23.8 Å². The third-order valence-corrected chi connectivity index (χ3v) is 7.26. The largest absolute Gasteiger partial charge is 0.485 e. The molecule has 1 aliphatic heterocycles. The molecule has 6 heteroatoms. The first kappa shape index (κ1) is 27.7. The van der Waals surface area contributed by atoms with Gasteiger partial charge in [-0.1, -0.05) is 68.4 Å². The average Bonchev–Trinajstić information content (AvgIpc) is 2.91. The molecule has 3 aromatic rings. The highest BCUT2D eigenvalue weighted by atomic mass is 19.4. The van der Waals surface area contributed by atoms with Crippen LogP contribution in [0, 0.1) is 11.8 Å². The highest BCUT2D eigenvalue weighted by Gasteiger charge is 2.34. The first-order valence-corrected chi connectivity index (χ1v) is 13.4. The van der Waals surface area contributed by atoms with Crippen molar-refractivity contribution in [3.05, 3.63) is 101 Å². The van der Waals surface area contributed by atoms with Crippen molar-refractivity contribution in [2.24, 2.45) is 11.8 Å². The second-order valence-corrected chi connectivity index (χ2v) is 10.7. The van der Waals surface area contributed by atoms with Crippen LogP contribution >= 0.6 is 0 Å². The molecule has 3 nitrogen and oxygen atoms in total. The molecule has 1 amide bonds. The Hall–Kier alpha value is -3.28. The van der Waals surface area contributed by atoms with Gasteiger partial charge in [-0.25, -0.2) is 0 Å². The molecule has 0 bridgehead atoms. The molecule has 1 fully saturated rings. The molecule has 1 heterocycles. The second-order valence-electron chi connectivity index (χ2n) is 10.7. The number of benzene rings is 3. The molecule has 202 valence electrons. The van der Waals surface area contributed by atoms with E-state index in [1.165, 1.54) is 17.7 Å². The molecule has 0 spiro atoms. The summed E-state index contributed by atoms with van der Waals surface area (Å²) in [5.74, 6) is 0.802. The highest BCUT2D eigenvalue weighted by molar-refractivity contribution is 5.83. The third-order valence-electron chi connectivity index (χ3n) is 7.26. The summed E-state index contributed by atoms with van der Waals surface area (Å²) >= 11 is 0. The van der Waals surface area contributed by atoms with Crippen LogP contribution in [0.5, 0.6) is 5.75 Å². The van der Waals surface area contributed by atoms with E-state index in [1.54, 1.807) is 0 Å². The molecule has 4 rings (SSSR count). The van der Waals surface area contributed by atoms with Gasteiger partial charge >= 0.3 is 6.18 Å². The van der Waals surface area contributed by atoms with Gasteiger partial charge in [0.15, 0.2) is 0 Å². The lowest BCUT2D eigenvalue weighted by molar-refractivity contribution is -0.137. The van der Waals surface area contributed by atoms with E-state index in [4.69, 9.17) is 4.74 Å². The topological polar surface area (TPSA) is 29.5 Å². The number of rotatable bonds is 8. The Labute approximate surface area is 223 Å². The summed E-state index contributed by atoms with van der Waals surface area (Å²) in [6.45, 7) is 7.56. The number of nitrogens with zero attached hydrogens (tertiary/aromatic N) is 1. The van der Waals surface area contributed by atoms with E-state index >= 15 is 0 Å². The molecule has 1 aliphatic rings. The van der Waals surface area contributed by atoms with Gasteiger partial charge < -0.3 is 9.64 Å². The minimum absolute atomic E-state index is 0.0120.